The number of fused-ring (bicyclic) bond motifs is 15. The number of benzene rings is 15. The summed E-state index contributed by atoms with van der Waals surface area (Å²) in [5, 5.41) is 14.6. The number of ether oxygens (including phenoxy) is 10. The van der Waals surface area contributed by atoms with Gasteiger partial charge in [0.2, 0.25) is 0 Å². The zero-order chi connectivity index (χ0) is 105. The maximum Gasteiger partial charge on any atom is 0.338 e. The summed E-state index contributed by atoms with van der Waals surface area (Å²) in [6, 6.07) is 62.7. The van der Waals surface area contributed by atoms with E-state index in [1.807, 2.05) is 115 Å². The molecular weight excluding hydrogens is 1860 g/mol. The minimum Gasteiger partial charge on any atom is -0.462 e. The predicted molar refractivity (Wildman–Crippen MR) is 556 cm³/mol. The molecule has 15 rings (SSSR count). The highest BCUT2D eigenvalue weighted by Crippen LogP contribution is 2.38. The number of hydrogen-bond donors (Lipinski definition) is 0. The van der Waals surface area contributed by atoms with Crippen LogP contribution in [0.1, 0.15) is 72.2 Å². The Labute approximate surface area is 833 Å². The van der Waals surface area contributed by atoms with Gasteiger partial charge >= 0.3 is 59.7 Å². The van der Waals surface area contributed by atoms with Crippen molar-refractivity contribution in [1.82, 2.24) is 0 Å². The lowest BCUT2D eigenvalue weighted by atomic mass is 9.97. The molecule has 25 heteroatoms. The van der Waals surface area contributed by atoms with E-state index in [2.05, 4.69) is 65.8 Å². The molecule has 15 aromatic rings. The normalized spacial score (nSPS) is 10.7. The second-order valence-electron chi connectivity index (χ2n) is 33.5. The van der Waals surface area contributed by atoms with Crippen molar-refractivity contribution in [3.05, 3.63) is 410 Å². The van der Waals surface area contributed by atoms with Gasteiger partial charge in [-0.25, -0.2) is 69.9 Å². The Hall–Kier alpha value is -17.4. The molecule has 0 heterocycles. The molecule has 0 saturated carbocycles. The van der Waals surface area contributed by atoms with Crippen LogP contribution < -0.4 is 9.47 Å². The van der Waals surface area contributed by atoms with E-state index in [1.165, 1.54) is 30.3 Å². The Bertz CT molecular complexity index is 7720. The highest BCUT2D eigenvalue weighted by molar-refractivity contribution is 6.13. The summed E-state index contributed by atoms with van der Waals surface area (Å²) in [7, 11) is 0. The lowest BCUT2D eigenvalue weighted by molar-refractivity contribution is -0.139. The molecule has 15 aromatic carbocycles. The Balaban J connectivity index is 0.000000173. The zero-order valence-electron chi connectivity index (χ0n) is 80.6. The van der Waals surface area contributed by atoms with E-state index >= 15 is 0 Å². The molecule has 0 amide bonds. The van der Waals surface area contributed by atoms with Gasteiger partial charge in [-0.05, 0) is 238 Å². The highest BCUT2D eigenvalue weighted by atomic mass is 19.1. The van der Waals surface area contributed by atoms with Gasteiger partial charge in [-0.15, -0.1) is 0 Å². The van der Waals surface area contributed by atoms with Gasteiger partial charge in [0.25, 0.3) is 0 Å². The van der Waals surface area contributed by atoms with Crippen LogP contribution in [0.25, 0.3) is 108 Å². The van der Waals surface area contributed by atoms with Gasteiger partial charge in [-0.1, -0.05) is 193 Å². The Morgan fingerprint density at radius 2 is 0.386 bits per heavy atom. The first kappa shape index (κ1) is 108. The smallest absolute Gasteiger partial charge is 0.338 e. The van der Waals surface area contributed by atoms with Gasteiger partial charge in [0.1, 0.15) is 40.6 Å². The van der Waals surface area contributed by atoms with Gasteiger partial charge < -0.3 is 47.4 Å². The topological polar surface area (TPSA) is 263 Å². The molecule has 0 atom stereocenters. The second-order valence-corrected chi connectivity index (χ2v) is 33.5. The molecule has 0 aliphatic carbocycles. The molecule has 0 saturated heterocycles. The van der Waals surface area contributed by atoms with Crippen molar-refractivity contribution >= 4 is 167 Å². The zero-order valence-corrected chi connectivity index (χ0v) is 80.6. The molecule has 0 aliphatic rings. The van der Waals surface area contributed by atoms with Gasteiger partial charge in [0.05, 0.1) is 52.9 Å². The van der Waals surface area contributed by atoms with Crippen molar-refractivity contribution < 1.29 is 117 Å². The maximum atomic E-state index is 14.9. The molecule has 0 radical (unpaired) electrons. The van der Waals surface area contributed by atoms with E-state index in [4.69, 9.17) is 47.4 Å². The Morgan fingerprint density at radius 3 is 0.593 bits per heavy atom. The fraction of sp³-hybridized carbons (Fsp3) is 0.167. The van der Waals surface area contributed by atoms with E-state index in [-0.39, 0.29) is 87.5 Å². The summed E-state index contributed by atoms with van der Waals surface area (Å²) in [5.41, 5.74) is 8.58. The number of hydrogen-bond acceptors (Lipinski definition) is 20. The third-order valence-electron chi connectivity index (χ3n) is 22.8. The highest BCUT2D eigenvalue weighted by Gasteiger charge is 2.20. The SMILES string of the molecule is C=C(C)C(=O)OCCc1ccc2c(c1)cc(F)c1cc(CCOC(=O)C(=C)C)ccc12.C=CC(=O)OCCc1ccc2c(c1)c(F)cc1cc(OC(=O)C(=C)C)ccc12.C=CC(=O)OCCc1ccc2c(c1)c(F)cc1cc(OC(=O)C=C)ccc12.C=CC(=O)OCCc1ccc2c(c1)cc(F)c1cc(CCOC(=O)C(=C)C)ccc12.C=CC(=O)OCCc1ccc2c(c1)cc(F)c1cc(CCOC(=O)C=C)ccc12. The average molecular weight is 1960 g/mol. The van der Waals surface area contributed by atoms with Crippen molar-refractivity contribution in [3.63, 3.8) is 0 Å². The number of carbonyl (C=O) groups excluding carboxylic acids is 10. The van der Waals surface area contributed by atoms with Gasteiger partial charge in [0, 0.05) is 137 Å². The van der Waals surface area contributed by atoms with Crippen LogP contribution in [0.2, 0.25) is 0 Å². The summed E-state index contributed by atoms with van der Waals surface area (Å²) in [6.45, 7) is 42.4. The molecule has 145 heavy (non-hydrogen) atoms. The van der Waals surface area contributed by atoms with Crippen LogP contribution in [0, 0.1) is 29.1 Å². The lowest BCUT2D eigenvalue weighted by Crippen LogP contribution is -2.08. The van der Waals surface area contributed by atoms with E-state index < -0.39 is 59.7 Å². The second kappa shape index (κ2) is 51.7. The van der Waals surface area contributed by atoms with Crippen molar-refractivity contribution in [3.8, 4) is 11.5 Å². The lowest BCUT2D eigenvalue weighted by Gasteiger charge is -2.10. The molecule has 0 aliphatic heterocycles. The third-order valence-corrected chi connectivity index (χ3v) is 22.8. The van der Waals surface area contributed by atoms with E-state index in [0.717, 1.165) is 151 Å². The Kier molecular flexibility index (Phi) is 38.5. The largest absolute Gasteiger partial charge is 0.462 e. The molecule has 0 aromatic heterocycles. The molecule has 0 bridgehead atoms. The predicted octanol–water partition coefficient (Wildman–Crippen LogP) is 24.6. The fourth-order valence-corrected chi connectivity index (χ4v) is 15.5. The van der Waals surface area contributed by atoms with Gasteiger partial charge in [-0.2, -0.15) is 0 Å². The number of rotatable bonds is 36. The molecule has 0 unspecified atom stereocenters. The molecule has 0 fully saturated rings. The summed E-state index contributed by atoms with van der Waals surface area (Å²) in [5.74, 6) is -5.77. The number of esters is 10. The summed E-state index contributed by atoms with van der Waals surface area (Å²) in [4.78, 5) is 113. The van der Waals surface area contributed by atoms with Crippen LogP contribution in [-0.4, -0.2) is 113 Å². The van der Waals surface area contributed by atoms with Crippen molar-refractivity contribution in [1.29, 1.82) is 0 Å². The first-order chi connectivity index (χ1) is 69.5. The summed E-state index contributed by atoms with van der Waals surface area (Å²) < 4.78 is 124. The minimum atomic E-state index is -0.572. The third kappa shape index (κ3) is 29.9. The standard InChI is InChI=1S/C26H25FO4.C25H23FO4.C24H21FO4.C23H19FO4.C22H17FO4/c1-16(2)25(28)30-11-9-18-5-7-21-20(13-18)15-24(27)23-14-19(6-8-22(21)23)10-12-31-26(29)17(3)4;1-4-24(27)29-11-9-17-5-7-20-19(13-17)15-23(26)22-14-18(6-8-21(20)22)10-12-30-25(28)16(2)3;1-3-23(26)28-11-9-16-5-7-19-18(13-16)15-22(25)21-14-17(6-8-20(19)21)10-12-29-24(27)4-2;1-4-22(25)27-10-9-15-5-7-19-18-8-6-17(28-23(26)14(2)3)12-16(18)13-21(24)20(19)11-15;1-3-21(24)26-10-9-14-5-7-18-17-8-6-16(27-22(25)4-2)12-15(17)13-20(23)19(18)11-14/h5-8,13-15H,1,3,9-12H2,2,4H3;4-8,13-15H,1-2,9-12H2,3H3;3-8,13-15H,1-2,9-12H2;4-8,11-13H,1-2,9-10H2,3H3;3-8,11-13H,1-2,9-10H2. The average Bonchev–Trinajstić information content (AvgIpc) is 0.816. The molecule has 740 valence electrons. The maximum absolute atomic E-state index is 14.9. The number of halogens is 5. The molecular formula is C120H105F5O20. The van der Waals surface area contributed by atoms with Crippen molar-refractivity contribution in [2.45, 2.75) is 79.1 Å². The fourth-order valence-electron chi connectivity index (χ4n) is 15.5. The van der Waals surface area contributed by atoms with Crippen LogP contribution in [0.4, 0.5) is 22.0 Å². The summed E-state index contributed by atoms with van der Waals surface area (Å²) >= 11 is 0. The minimum absolute atomic E-state index is 0.197. The molecule has 0 N–H and O–H groups in total. The summed E-state index contributed by atoms with van der Waals surface area (Å²) in [6.07, 6.45) is 10.7. The molecule has 20 nitrogen and oxygen atoms in total. The van der Waals surface area contributed by atoms with E-state index in [9.17, 15) is 69.9 Å². The van der Waals surface area contributed by atoms with Gasteiger partial charge in [0.15, 0.2) is 0 Å². The number of carbonyl (C=O) groups is 10. The van der Waals surface area contributed by atoms with Crippen LogP contribution in [-0.2, 0) is 137 Å². The van der Waals surface area contributed by atoms with Gasteiger partial charge in [-0.3, -0.25) is 0 Å². The quantitative estimate of drug-likeness (QED) is 0.00882. The Morgan fingerprint density at radius 1 is 0.207 bits per heavy atom. The van der Waals surface area contributed by atoms with Crippen LogP contribution in [0.15, 0.2) is 337 Å². The first-order valence-electron chi connectivity index (χ1n) is 45.9. The molecule has 0 spiro atoms. The monoisotopic (exact) mass is 1960 g/mol. The van der Waals surface area contributed by atoms with E-state index in [1.54, 1.807) is 94.4 Å². The van der Waals surface area contributed by atoms with Crippen LogP contribution in [0.3, 0.4) is 0 Å². The van der Waals surface area contributed by atoms with E-state index in [0.29, 0.717) is 117 Å². The van der Waals surface area contributed by atoms with Crippen LogP contribution in [0.5, 0.6) is 11.5 Å². The first-order valence-corrected chi connectivity index (χ1v) is 45.9. The van der Waals surface area contributed by atoms with Crippen LogP contribution >= 0.6 is 0 Å². The van der Waals surface area contributed by atoms with Crippen molar-refractivity contribution in [2.24, 2.45) is 0 Å². The van der Waals surface area contributed by atoms with Crippen molar-refractivity contribution in [2.75, 3.05) is 52.9 Å².